The molecule has 0 amide bonds. The van der Waals surface area contributed by atoms with E-state index < -0.39 is 11.9 Å². The molecule has 0 aromatic heterocycles. The molecule has 0 N–H and O–H groups in total. The van der Waals surface area contributed by atoms with Gasteiger partial charge in [0, 0.05) is 6.92 Å². The van der Waals surface area contributed by atoms with E-state index in [0.717, 1.165) is 12.3 Å². The van der Waals surface area contributed by atoms with Gasteiger partial charge < -0.3 is 9.47 Å². The minimum atomic E-state index is -0.554. The Labute approximate surface area is 58.4 Å². The highest BCUT2D eigenvalue weighted by molar-refractivity contribution is 5.81. The molecular weight excluding hydrogens is 136 g/mol. The van der Waals surface area contributed by atoms with Gasteiger partial charge in [0.2, 0.25) is 0 Å². The SMILES string of the molecule is COC(=O)/C=C\OC(C)=O. The van der Waals surface area contributed by atoms with Gasteiger partial charge in [0.1, 0.15) is 6.26 Å². The summed E-state index contributed by atoms with van der Waals surface area (Å²) in [5, 5.41) is 0. The molecule has 0 aliphatic heterocycles. The Bertz CT molecular complexity index is 159. The van der Waals surface area contributed by atoms with E-state index in [1.54, 1.807) is 0 Å². The van der Waals surface area contributed by atoms with Crippen LogP contribution in [0, 0.1) is 0 Å². The van der Waals surface area contributed by atoms with Gasteiger partial charge in [-0.1, -0.05) is 0 Å². The third-order valence-corrected chi connectivity index (χ3v) is 0.639. The lowest BCUT2D eigenvalue weighted by Gasteiger charge is -1.90. The lowest BCUT2D eigenvalue weighted by Crippen LogP contribution is -1.96. The van der Waals surface area contributed by atoms with Gasteiger partial charge in [0.05, 0.1) is 13.2 Å². The number of hydrogen-bond acceptors (Lipinski definition) is 4. The van der Waals surface area contributed by atoms with Gasteiger partial charge in [-0.05, 0) is 0 Å². The number of carbonyl (C=O) groups is 2. The molecule has 56 valence electrons. The highest BCUT2D eigenvalue weighted by atomic mass is 16.5. The second-order valence-electron chi connectivity index (χ2n) is 1.44. The lowest BCUT2D eigenvalue weighted by atomic mass is 10.6. The van der Waals surface area contributed by atoms with E-state index in [9.17, 15) is 9.59 Å². The second kappa shape index (κ2) is 4.55. The summed E-state index contributed by atoms with van der Waals surface area (Å²) in [6, 6.07) is 0. The van der Waals surface area contributed by atoms with Crippen LogP contribution in [0.4, 0.5) is 0 Å². The van der Waals surface area contributed by atoms with Crippen LogP contribution in [0.5, 0.6) is 0 Å². The van der Waals surface area contributed by atoms with E-state index in [1.165, 1.54) is 14.0 Å². The molecule has 0 aliphatic rings. The molecule has 0 saturated carbocycles. The number of rotatable bonds is 2. The second-order valence-corrected chi connectivity index (χ2v) is 1.44. The largest absolute Gasteiger partial charge is 0.466 e. The molecule has 0 aromatic carbocycles. The van der Waals surface area contributed by atoms with E-state index in [1.807, 2.05) is 0 Å². The van der Waals surface area contributed by atoms with Crippen LogP contribution in [0.25, 0.3) is 0 Å². The normalized spacial score (nSPS) is 9.40. The minimum absolute atomic E-state index is 0.472. The van der Waals surface area contributed by atoms with Crippen LogP contribution < -0.4 is 0 Å². The first-order valence-electron chi connectivity index (χ1n) is 2.58. The van der Waals surface area contributed by atoms with Crippen LogP contribution >= 0.6 is 0 Å². The average Bonchev–Trinajstić information content (AvgIpc) is 1.87. The van der Waals surface area contributed by atoms with Gasteiger partial charge in [-0.15, -0.1) is 0 Å². The van der Waals surface area contributed by atoms with Crippen molar-refractivity contribution in [1.82, 2.24) is 0 Å². The molecular formula is C6H8O4. The summed E-state index contributed by atoms with van der Waals surface area (Å²) >= 11 is 0. The molecule has 0 spiro atoms. The van der Waals surface area contributed by atoms with Gasteiger partial charge >= 0.3 is 11.9 Å². The van der Waals surface area contributed by atoms with Crippen LogP contribution in [0.15, 0.2) is 12.3 Å². The van der Waals surface area contributed by atoms with Gasteiger partial charge in [-0.2, -0.15) is 0 Å². The number of carbonyl (C=O) groups excluding carboxylic acids is 2. The van der Waals surface area contributed by atoms with Crippen LogP contribution in [-0.4, -0.2) is 19.0 Å². The fourth-order valence-corrected chi connectivity index (χ4v) is 0.253. The van der Waals surface area contributed by atoms with Crippen molar-refractivity contribution in [1.29, 1.82) is 0 Å². The summed E-state index contributed by atoms with van der Waals surface area (Å²) in [6.07, 6.45) is 2.00. The summed E-state index contributed by atoms with van der Waals surface area (Å²) in [5.41, 5.74) is 0. The molecule has 4 heteroatoms. The van der Waals surface area contributed by atoms with Crippen molar-refractivity contribution in [3.63, 3.8) is 0 Å². The Kier molecular flexibility index (Phi) is 3.95. The molecule has 0 aromatic rings. The van der Waals surface area contributed by atoms with Crippen molar-refractivity contribution in [3.8, 4) is 0 Å². The predicted molar refractivity (Wildman–Crippen MR) is 32.9 cm³/mol. The van der Waals surface area contributed by atoms with Crippen molar-refractivity contribution in [3.05, 3.63) is 12.3 Å². The van der Waals surface area contributed by atoms with Crippen molar-refractivity contribution < 1.29 is 19.1 Å². The van der Waals surface area contributed by atoms with E-state index in [-0.39, 0.29) is 0 Å². The third-order valence-electron chi connectivity index (χ3n) is 0.639. The van der Waals surface area contributed by atoms with Gasteiger partial charge in [-0.3, -0.25) is 4.79 Å². The smallest absolute Gasteiger partial charge is 0.333 e. The first-order chi connectivity index (χ1) is 4.66. The topological polar surface area (TPSA) is 52.6 Å². The summed E-state index contributed by atoms with van der Waals surface area (Å²) < 4.78 is 8.51. The van der Waals surface area contributed by atoms with E-state index in [0.29, 0.717) is 0 Å². The molecule has 10 heavy (non-hydrogen) atoms. The van der Waals surface area contributed by atoms with Crippen molar-refractivity contribution in [2.24, 2.45) is 0 Å². The first-order valence-corrected chi connectivity index (χ1v) is 2.58. The zero-order chi connectivity index (χ0) is 7.98. The molecule has 4 nitrogen and oxygen atoms in total. The molecule has 0 unspecified atom stereocenters. The highest BCUT2D eigenvalue weighted by Gasteiger charge is 1.90. The summed E-state index contributed by atoms with van der Waals surface area (Å²) in [5.74, 6) is -1.03. The molecule has 0 rings (SSSR count). The van der Waals surface area contributed by atoms with Crippen molar-refractivity contribution >= 4 is 11.9 Å². The molecule has 0 atom stereocenters. The van der Waals surface area contributed by atoms with Gasteiger partial charge in [0.25, 0.3) is 0 Å². The molecule has 0 bridgehead atoms. The Balaban J connectivity index is 3.56. The van der Waals surface area contributed by atoms with Crippen molar-refractivity contribution in [2.45, 2.75) is 6.92 Å². The fourth-order valence-electron chi connectivity index (χ4n) is 0.253. The van der Waals surface area contributed by atoms with Crippen LogP contribution in [0.3, 0.4) is 0 Å². The van der Waals surface area contributed by atoms with Gasteiger partial charge in [0.15, 0.2) is 0 Å². The van der Waals surface area contributed by atoms with Crippen molar-refractivity contribution in [2.75, 3.05) is 7.11 Å². The number of esters is 2. The fraction of sp³-hybridized carbons (Fsp3) is 0.333. The molecule has 0 saturated heterocycles. The Morgan fingerprint density at radius 1 is 1.40 bits per heavy atom. The zero-order valence-electron chi connectivity index (χ0n) is 5.79. The monoisotopic (exact) mass is 144 g/mol. The molecule has 0 aliphatic carbocycles. The first kappa shape index (κ1) is 8.68. The highest BCUT2D eigenvalue weighted by Crippen LogP contribution is 1.80. The third kappa shape index (κ3) is 4.83. The molecule has 0 heterocycles. The van der Waals surface area contributed by atoms with E-state index >= 15 is 0 Å². The maximum absolute atomic E-state index is 10.3. The number of hydrogen-bond donors (Lipinski definition) is 0. The standard InChI is InChI=1S/C6H8O4/c1-5(7)10-4-3-6(8)9-2/h3-4H,1-2H3/b4-3-. The average molecular weight is 144 g/mol. The Morgan fingerprint density at radius 2 is 2.00 bits per heavy atom. The quantitative estimate of drug-likeness (QED) is 0.316. The predicted octanol–water partition coefficient (Wildman–Crippen LogP) is 0.236. The number of ether oxygens (including phenoxy) is 2. The molecule has 0 radical (unpaired) electrons. The maximum atomic E-state index is 10.3. The Hall–Kier alpha value is -1.32. The van der Waals surface area contributed by atoms with Crippen LogP contribution in [0.2, 0.25) is 0 Å². The van der Waals surface area contributed by atoms with Crippen LogP contribution in [-0.2, 0) is 19.1 Å². The van der Waals surface area contributed by atoms with E-state index in [2.05, 4.69) is 9.47 Å². The van der Waals surface area contributed by atoms with Gasteiger partial charge in [-0.25, -0.2) is 4.79 Å². The maximum Gasteiger partial charge on any atom is 0.333 e. The summed E-state index contributed by atoms with van der Waals surface area (Å²) in [6.45, 7) is 1.24. The van der Waals surface area contributed by atoms with Crippen LogP contribution in [0.1, 0.15) is 6.92 Å². The zero-order valence-corrected chi connectivity index (χ0v) is 5.79. The minimum Gasteiger partial charge on any atom is -0.466 e. The molecule has 0 fully saturated rings. The Morgan fingerprint density at radius 3 is 2.40 bits per heavy atom. The number of methoxy groups -OCH3 is 1. The van der Waals surface area contributed by atoms with E-state index in [4.69, 9.17) is 0 Å². The summed E-state index contributed by atoms with van der Waals surface area (Å²) in [4.78, 5) is 20.4. The lowest BCUT2D eigenvalue weighted by molar-refractivity contribution is -0.136. The summed E-state index contributed by atoms with van der Waals surface area (Å²) in [7, 11) is 1.24.